The van der Waals surface area contributed by atoms with Crippen molar-refractivity contribution in [3.05, 3.63) is 13.2 Å². The van der Waals surface area contributed by atoms with Gasteiger partial charge in [-0.05, 0) is 44.7 Å². The molecule has 0 radical (unpaired) electrons. The van der Waals surface area contributed by atoms with Crippen molar-refractivity contribution in [3.63, 3.8) is 0 Å². The smallest absolute Gasteiger partial charge is 0.303 e. The lowest BCUT2D eigenvalue weighted by Crippen LogP contribution is -2.39. The highest BCUT2D eigenvalue weighted by atomic mass is 19.4. The summed E-state index contributed by atoms with van der Waals surface area (Å²) in [6.07, 6.45) is -0.809. The average Bonchev–Trinajstić information content (AvgIpc) is 3.04. The van der Waals surface area contributed by atoms with Gasteiger partial charge in [0.1, 0.15) is 0 Å². The van der Waals surface area contributed by atoms with Gasteiger partial charge in [-0.2, -0.15) is 13.2 Å². The number of halogens is 3. The van der Waals surface area contributed by atoms with Crippen LogP contribution in [0.4, 0.5) is 13.2 Å². The molecule has 0 bridgehead atoms. The molecule has 2 rings (SSSR count). The van der Waals surface area contributed by atoms with E-state index in [0.29, 0.717) is 25.9 Å². The predicted molar refractivity (Wildman–Crippen MR) is 59.2 cm³/mol. The van der Waals surface area contributed by atoms with Gasteiger partial charge in [0.05, 0.1) is 5.92 Å². The van der Waals surface area contributed by atoms with Gasteiger partial charge in [-0.3, -0.25) is 0 Å². The number of hydrogen-bond donors (Lipinski definition) is 0. The Hall–Kier alpha value is -0.510. The summed E-state index contributed by atoms with van der Waals surface area (Å²) in [5.41, 5.74) is 0. The highest BCUT2D eigenvalue weighted by Crippen LogP contribution is 2.36. The molecule has 2 aliphatic rings. The number of hydrogen-bond acceptors (Lipinski definition) is 1. The van der Waals surface area contributed by atoms with Gasteiger partial charge in [0.25, 0.3) is 0 Å². The number of likely N-dealkylation sites (tertiary alicyclic amines) is 1. The zero-order valence-corrected chi connectivity index (χ0v) is 9.60. The molecule has 1 aliphatic carbocycles. The second kappa shape index (κ2) is 5.71. The maximum atomic E-state index is 12.3. The fraction of sp³-hybridized carbons (Fsp3) is 0.833. The lowest BCUT2D eigenvalue weighted by molar-refractivity contribution is -0.185. The fourth-order valence-electron chi connectivity index (χ4n) is 2.11. The summed E-state index contributed by atoms with van der Waals surface area (Å²) in [4.78, 5) is 2.19. The molecule has 1 aliphatic heterocycles. The van der Waals surface area contributed by atoms with Crippen molar-refractivity contribution >= 4 is 0 Å². The molecule has 1 nitrogen and oxygen atoms in total. The predicted octanol–water partition coefficient (Wildman–Crippen LogP) is 3.47. The van der Waals surface area contributed by atoms with Gasteiger partial charge in [0, 0.05) is 6.54 Å². The Balaban J connectivity index is 0.000000606. The van der Waals surface area contributed by atoms with Crippen molar-refractivity contribution in [2.75, 3.05) is 19.6 Å². The van der Waals surface area contributed by atoms with Gasteiger partial charge in [0.2, 0.25) is 0 Å². The molecule has 1 heterocycles. The summed E-state index contributed by atoms with van der Waals surface area (Å²) in [5.74, 6) is -0.254. The highest BCUT2D eigenvalue weighted by molar-refractivity contribution is 4.82. The minimum absolute atomic E-state index is 0.302. The van der Waals surface area contributed by atoms with Crippen LogP contribution in [-0.4, -0.2) is 30.7 Å². The summed E-state index contributed by atoms with van der Waals surface area (Å²) in [6, 6.07) is 0. The molecular formula is C12H20F3N. The lowest BCUT2D eigenvalue weighted by atomic mass is 9.96. The summed E-state index contributed by atoms with van der Waals surface area (Å²) in [7, 11) is 0. The number of rotatable bonds is 2. The van der Waals surface area contributed by atoms with Crippen molar-refractivity contribution in [2.45, 2.75) is 31.9 Å². The largest absolute Gasteiger partial charge is 0.391 e. The highest BCUT2D eigenvalue weighted by Gasteiger charge is 2.41. The zero-order valence-electron chi connectivity index (χ0n) is 9.60. The first kappa shape index (κ1) is 13.6. The standard InChI is InChI=1S/C10H16F3N.C2H4/c11-10(12,13)9-3-5-14(6-4-9)7-8-1-2-8;1-2/h8-9H,1-7H2;1-2H2. The van der Waals surface area contributed by atoms with Crippen molar-refractivity contribution in [1.29, 1.82) is 0 Å². The van der Waals surface area contributed by atoms with E-state index in [4.69, 9.17) is 0 Å². The normalized spacial score (nSPS) is 23.7. The van der Waals surface area contributed by atoms with Gasteiger partial charge in [-0.25, -0.2) is 0 Å². The Labute approximate surface area is 95.3 Å². The molecule has 0 aromatic rings. The third-order valence-electron chi connectivity index (χ3n) is 3.26. The Morgan fingerprint density at radius 1 is 1.00 bits per heavy atom. The van der Waals surface area contributed by atoms with Crippen LogP contribution in [0.25, 0.3) is 0 Å². The minimum atomic E-state index is -3.97. The summed E-state index contributed by atoms with van der Waals surface area (Å²) >= 11 is 0. The summed E-state index contributed by atoms with van der Waals surface area (Å²) in [5, 5.41) is 0. The number of piperidine rings is 1. The van der Waals surface area contributed by atoms with Crippen LogP contribution < -0.4 is 0 Å². The Bertz CT molecular complexity index is 203. The molecular weight excluding hydrogens is 215 g/mol. The first-order valence-corrected chi connectivity index (χ1v) is 5.85. The summed E-state index contributed by atoms with van der Waals surface area (Å²) < 4.78 is 37.0. The fourth-order valence-corrected chi connectivity index (χ4v) is 2.11. The first-order valence-electron chi connectivity index (χ1n) is 5.85. The van der Waals surface area contributed by atoms with Crippen LogP contribution in [0.3, 0.4) is 0 Å². The maximum Gasteiger partial charge on any atom is 0.391 e. The molecule has 94 valence electrons. The van der Waals surface area contributed by atoms with Crippen LogP contribution in [0.2, 0.25) is 0 Å². The van der Waals surface area contributed by atoms with Crippen LogP contribution in [0.15, 0.2) is 13.2 Å². The molecule has 0 N–H and O–H groups in total. The van der Waals surface area contributed by atoms with Gasteiger partial charge in [0.15, 0.2) is 0 Å². The molecule has 1 saturated heterocycles. The molecule has 2 fully saturated rings. The third kappa shape index (κ3) is 4.16. The summed E-state index contributed by atoms with van der Waals surface area (Å²) in [6.45, 7) is 8.31. The zero-order chi connectivity index (χ0) is 12.2. The minimum Gasteiger partial charge on any atom is -0.303 e. The van der Waals surface area contributed by atoms with E-state index >= 15 is 0 Å². The molecule has 0 atom stereocenters. The maximum absolute atomic E-state index is 12.3. The monoisotopic (exact) mass is 235 g/mol. The SMILES string of the molecule is C=C.FC(F)(F)C1CCN(CC2CC2)CC1. The van der Waals surface area contributed by atoms with E-state index in [0.717, 1.165) is 12.5 Å². The Kier molecular flexibility index (Phi) is 4.84. The van der Waals surface area contributed by atoms with E-state index in [-0.39, 0.29) is 0 Å². The second-order valence-corrected chi connectivity index (χ2v) is 4.56. The van der Waals surface area contributed by atoms with Gasteiger partial charge < -0.3 is 4.90 Å². The van der Waals surface area contributed by atoms with Gasteiger partial charge >= 0.3 is 6.18 Å². The quantitative estimate of drug-likeness (QED) is 0.662. The Morgan fingerprint density at radius 3 is 1.88 bits per heavy atom. The van der Waals surface area contributed by atoms with Crippen LogP contribution in [0.5, 0.6) is 0 Å². The van der Waals surface area contributed by atoms with Crippen molar-refractivity contribution in [1.82, 2.24) is 4.90 Å². The van der Waals surface area contributed by atoms with Gasteiger partial charge in [-0.15, -0.1) is 13.2 Å². The topological polar surface area (TPSA) is 3.24 Å². The van der Waals surface area contributed by atoms with Crippen LogP contribution in [0, 0.1) is 11.8 Å². The molecule has 0 aromatic carbocycles. The molecule has 16 heavy (non-hydrogen) atoms. The van der Waals surface area contributed by atoms with Crippen LogP contribution in [0.1, 0.15) is 25.7 Å². The van der Waals surface area contributed by atoms with Crippen molar-refractivity contribution in [3.8, 4) is 0 Å². The van der Waals surface area contributed by atoms with Crippen molar-refractivity contribution in [2.24, 2.45) is 11.8 Å². The second-order valence-electron chi connectivity index (χ2n) is 4.56. The van der Waals surface area contributed by atoms with E-state index in [2.05, 4.69) is 18.1 Å². The van der Waals surface area contributed by atoms with Crippen LogP contribution in [-0.2, 0) is 0 Å². The van der Waals surface area contributed by atoms with E-state index in [1.807, 2.05) is 0 Å². The first-order chi connectivity index (χ1) is 7.55. The van der Waals surface area contributed by atoms with Gasteiger partial charge in [-0.1, -0.05) is 0 Å². The Morgan fingerprint density at radius 2 is 1.50 bits per heavy atom. The van der Waals surface area contributed by atoms with Crippen molar-refractivity contribution < 1.29 is 13.2 Å². The van der Waals surface area contributed by atoms with E-state index < -0.39 is 12.1 Å². The molecule has 1 saturated carbocycles. The van der Waals surface area contributed by atoms with E-state index in [9.17, 15) is 13.2 Å². The molecule has 4 heteroatoms. The molecule has 0 amide bonds. The molecule has 0 aromatic heterocycles. The van der Waals surface area contributed by atoms with E-state index in [1.54, 1.807) is 0 Å². The lowest BCUT2D eigenvalue weighted by Gasteiger charge is -2.32. The number of alkyl halides is 3. The molecule has 0 unspecified atom stereocenters. The number of nitrogens with zero attached hydrogens (tertiary/aromatic N) is 1. The average molecular weight is 235 g/mol. The molecule has 0 spiro atoms. The van der Waals surface area contributed by atoms with Crippen LogP contribution >= 0.6 is 0 Å². The van der Waals surface area contributed by atoms with E-state index in [1.165, 1.54) is 12.8 Å². The third-order valence-corrected chi connectivity index (χ3v) is 3.26.